The molecule has 0 spiro atoms. The summed E-state index contributed by atoms with van der Waals surface area (Å²) in [4.78, 5) is 13.3. The Labute approximate surface area is 236 Å². The lowest BCUT2D eigenvalue weighted by molar-refractivity contribution is -0.114. The van der Waals surface area contributed by atoms with E-state index in [1.54, 1.807) is 0 Å². The molecule has 0 N–H and O–H groups in total. The summed E-state index contributed by atoms with van der Waals surface area (Å²) in [6.45, 7) is 20.4. The maximum absolute atomic E-state index is 13.3. The van der Waals surface area contributed by atoms with E-state index in [4.69, 9.17) is 0 Å². The van der Waals surface area contributed by atoms with Gasteiger partial charge in [-0.25, -0.2) is 0 Å². The third kappa shape index (κ3) is 5.43. The Bertz CT molecular complexity index is 1410. The molecule has 1 nitrogen and oxygen atoms in total. The second-order valence-corrected chi connectivity index (χ2v) is 13.1. The second-order valence-electron chi connectivity index (χ2n) is 13.1. The van der Waals surface area contributed by atoms with Gasteiger partial charge in [-0.05, 0) is 150 Å². The molecule has 0 fully saturated rings. The number of hydrogen-bond donors (Lipinski definition) is 0. The number of aryl methyl sites for hydroxylation is 2. The number of hydrogen-bond acceptors (Lipinski definition) is 1. The number of carbonyl (C=O) groups is 1. The molecule has 0 amide bonds. The molecule has 0 saturated heterocycles. The fraction of sp³-hybridized carbons (Fsp3) is 0.447. The molecular weight excluding hydrogens is 472 g/mol. The van der Waals surface area contributed by atoms with Crippen molar-refractivity contribution in [2.24, 2.45) is 17.8 Å². The van der Waals surface area contributed by atoms with Gasteiger partial charge in [0.25, 0.3) is 0 Å². The Kier molecular flexibility index (Phi) is 7.73. The number of benzene rings is 2. The maximum Gasteiger partial charge on any atom is 0.167 e. The van der Waals surface area contributed by atoms with Crippen LogP contribution in [0.3, 0.4) is 0 Å². The Hall–Kier alpha value is -2.93. The van der Waals surface area contributed by atoms with Crippen molar-refractivity contribution >= 4 is 17.4 Å². The zero-order chi connectivity index (χ0) is 28.0. The van der Waals surface area contributed by atoms with Crippen molar-refractivity contribution in [2.75, 3.05) is 0 Å². The van der Waals surface area contributed by atoms with Gasteiger partial charge in [0.05, 0.1) is 0 Å². The maximum atomic E-state index is 13.3. The summed E-state index contributed by atoms with van der Waals surface area (Å²) in [5.41, 5.74) is 17.3. The van der Waals surface area contributed by atoms with Crippen LogP contribution in [0, 0.1) is 45.4 Å². The minimum Gasteiger partial charge on any atom is -0.294 e. The van der Waals surface area contributed by atoms with Gasteiger partial charge in [0, 0.05) is 12.0 Å². The van der Waals surface area contributed by atoms with Crippen LogP contribution in [0.15, 0.2) is 53.6 Å². The monoisotopic (exact) mass is 518 g/mol. The molecular formula is C38H46O. The predicted octanol–water partition coefficient (Wildman–Crippen LogP) is 9.58. The summed E-state index contributed by atoms with van der Waals surface area (Å²) >= 11 is 0. The number of ketones is 1. The van der Waals surface area contributed by atoms with Crippen molar-refractivity contribution in [3.8, 4) is 0 Å². The fourth-order valence-corrected chi connectivity index (χ4v) is 7.12. The van der Waals surface area contributed by atoms with Gasteiger partial charge in [-0.1, -0.05) is 64.1 Å². The van der Waals surface area contributed by atoms with Gasteiger partial charge in [-0.2, -0.15) is 0 Å². The zero-order valence-electron chi connectivity index (χ0n) is 25.3. The lowest BCUT2D eigenvalue weighted by atomic mass is 9.82. The molecule has 1 heteroatoms. The number of Topliss-reactive ketones (excluding diaryl/α,β-unsaturated/α-hetero) is 1. The Morgan fingerprint density at radius 3 is 2.36 bits per heavy atom. The highest BCUT2D eigenvalue weighted by atomic mass is 16.1. The standard InChI is InChI=1S/C38H46O/c1-22(2)12-13-29-17-33-18-31-19-34(20-32(31)21-36(33)28(29)8)38-30(10-9-11-37(38)39)14-23(3)15-35-26(6)24(4)16-25(5)27(35)7/h9-10,16,18,20-23,29H,8,11-15,17,19H2,1-7H3. The van der Waals surface area contributed by atoms with Crippen molar-refractivity contribution < 1.29 is 4.79 Å². The first-order valence-electron chi connectivity index (χ1n) is 15.1. The first-order valence-corrected chi connectivity index (χ1v) is 15.1. The van der Waals surface area contributed by atoms with E-state index >= 15 is 0 Å². The Morgan fingerprint density at radius 2 is 1.67 bits per heavy atom. The van der Waals surface area contributed by atoms with Gasteiger partial charge < -0.3 is 0 Å². The van der Waals surface area contributed by atoms with E-state index in [1.165, 1.54) is 79.6 Å². The number of rotatable bonds is 8. The highest BCUT2D eigenvalue weighted by Crippen LogP contribution is 2.43. The van der Waals surface area contributed by atoms with E-state index in [9.17, 15) is 4.79 Å². The van der Waals surface area contributed by atoms with Gasteiger partial charge >= 0.3 is 0 Å². The van der Waals surface area contributed by atoms with Crippen LogP contribution in [0.1, 0.15) is 96.5 Å². The largest absolute Gasteiger partial charge is 0.294 e. The topological polar surface area (TPSA) is 17.1 Å². The summed E-state index contributed by atoms with van der Waals surface area (Å²) in [5, 5.41) is 0. The van der Waals surface area contributed by atoms with Gasteiger partial charge in [0.1, 0.15) is 0 Å². The quantitative estimate of drug-likeness (QED) is 0.340. The SMILES string of the molecule is C=C1c2cc3c(cc2CC1CCC(C)C)CC(C1=C(CC(C)Cc2c(C)c(C)cc(C)c2C)C=CCC1=O)=C3. The Balaban J connectivity index is 1.39. The molecule has 0 saturated carbocycles. The third-order valence-electron chi connectivity index (χ3n) is 9.66. The first-order chi connectivity index (χ1) is 18.5. The van der Waals surface area contributed by atoms with Crippen LogP contribution in [0.4, 0.5) is 0 Å². The average Bonchev–Trinajstić information content (AvgIpc) is 3.42. The molecule has 3 aliphatic carbocycles. The van der Waals surface area contributed by atoms with Crippen molar-refractivity contribution in [3.63, 3.8) is 0 Å². The molecule has 204 valence electrons. The molecule has 2 aromatic rings. The van der Waals surface area contributed by atoms with E-state index in [0.29, 0.717) is 18.3 Å². The normalized spacial score (nSPS) is 19.2. The molecule has 3 aliphatic rings. The molecule has 2 aromatic carbocycles. The number of fused-ring (bicyclic) bond motifs is 2. The smallest absolute Gasteiger partial charge is 0.167 e. The van der Waals surface area contributed by atoms with E-state index in [0.717, 1.165) is 37.2 Å². The Morgan fingerprint density at radius 1 is 0.949 bits per heavy atom. The highest BCUT2D eigenvalue weighted by molar-refractivity contribution is 6.04. The van der Waals surface area contributed by atoms with Crippen LogP contribution in [-0.4, -0.2) is 5.78 Å². The number of allylic oxidation sites excluding steroid dienone is 6. The van der Waals surface area contributed by atoms with Crippen LogP contribution in [0.5, 0.6) is 0 Å². The van der Waals surface area contributed by atoms with Gasteiger partial charge in [0.2, 0.25) is 0 Å². The molecule has 39 heavy (non-hydrogen) atoms. The van der Waals surface area contributed by atoms with Crippen LogP contribution in [0.25, 0.3) is 11.6 Å². The average molecular weight is 519 g/mol. The molecule has 5 rings (SSSR count). The lowest BCUT2D eigenvalue weighted by Gasteiger charge is -2.22. The van der Waals surface area contributed by atoms with Crippen LogP contribution >= 0.6 is 0 Å². The molecule has 2 atom stereocenters. The minimum absolute atomic E-state index is 0.281. The van der Waals surface area contributed by atoms with E-state index in [-0.39, 0.29) is 5.78 Å². The lowest BCUT2D eigenvalue weighted by Crippen LogP contribution is -2.14. The molecule has 0 aliphatic heterocycles. The van der Waals surface area contributed by atoms with Crippen molar-refractivity contribution in [1.29, 1.82) is 0 Å². The van der Waals surface area contributed by atoms with Gasteiger partial charge in [0.15, 0.2) is 5.78 Å². The molecule has 0 bridgehead atoms. The predicted molar refractivity (Wildman–Crippen MR) is 167 cm³/mol. The van der Waals surface area contributed by atoms with Crippen molar-refractivity contribution in [3.05, 3.63) is 104 Å². The molecule has 0 aromatic heterocycles. The summed E-state index contributed by atoms with van der Waals surface area (Å²) in [6.07, 6.45) is 13.6. The summed E-state index contributed by atoms with van der Waals surface area (Å²) in [5.74, 6) is 2.06. The number of carbonyl (C=O) groups excluding carboxylic acids is 1. The summed E-state index contributed by atoms with van der Waals surface area (Å²) in [7, 11) is 0. The highest BCUT2D eigenvalue weighted by Gasteiger charge is 2.30. The third-order valence-corrected chi connectivity index (χ3v) is 9.66. The van der Waals surface area contributed by atoms with Gasteiger partial charge in [-0.15, -0.1) is 0 Å². The minimum atomic E-state index is 0.281. The first kappa shape index (κ1) is 27.6. The summed E-state index contributed by atoms with van der Waals surface area (Å²) in [6, 6.07) is 7.10. The van der Waals surface area contributed by atoms with Crippen LogP contribution in [-0.2, 0) is 24.1 Å². The molecule has 0 heterocycles. The molecule has 0 radical (unpaired) electrons. The van der Waals surface area contributed by atoms with Crippen LogP contribution < -0.4 is 0 Å². The fourth-order valence-electron chi connectivity index (χ4n) is 7.12. The zero-order valence-corrected chi connectivity index (χ0v) is 25.3. The molecule has 2 unspecified atom stereocenters. The van der Waals surface area contributed by atoms with E-state index in [2.05, 4.69) is 91.5 Å². The van der Waals surface area contributed by atoms with E-state index in [1.807, 2.05) is 0 Å². The van der Waals surface area contributed by atoms with Crippen molar-refractivity contribution in [1.82, 2.24) is 0 Å². The van der Waals surface area contributed by atoms with Crippen molar-refractivity contribution in [2.45, 2.75) is 93.4 Å². The van der Waals surface area contributed by atoms with E-state index < -0.39 is 0 Å². The second kappa shape index (κ2) is 10.9. The van der Waals surface area contributed by atoms with Gasteiger partial charge in [-0.3, -0.25) is 4.79 Å². The summed E-state index contributed by atoms with van der Waals surface area (Å²) < 4.78 is 0. The van der Waals surface area contributed by atoms with Crippen LogP contribution in [0.2, 0.25) is 0 Å².